The Morgan fingerprint density at radius 1 is 0.667 bits per heavy atom. The first-order valence-electron chi connectivity index (χ1n) is 13.3. The fraction of sp³-hybridized carbons (Fsp3) is 0.821. The second kappa shape index (κ2) is 18.1. The molecule has 1 nitrogen and oxygen atoms in total. The van der Waals surface area contributed by atoms with Crippen LogP contribution < -0.4 is 0 Å². The van der Waals surface area contributed by atoms with Gasteiger partial charge in [-0.2, -0.15) is 0 Å². The molecule has 1 aliphatic carbocycles. The molecule has 1 atom stereocenters. The second-order valence-corrected chi connectivity index (χ2v) is 9.95. The van der Waals surface area contributed by atoms with E-state index in [0.29, 0.717) is 5.78 Å². The lowest BCUT2D eigenvalue weighted by Crippen LogP contribution is -2.19. The average molecular weight is 435 g/mol. The first-order valence-corrected chi connectivity index (χ1v) is 13.7. The Hall–Kier alpha value is -0.500. The van der Waals surface area contributed by atoms with Crippen LogP contribution in [-0.2, 0) is 4.79 Å². The molecule has 0 heterocycles. The maximum Gasteiger partial charge on any atom is 0.166 e. The van der Waals surface area contributed by atoms with Gasteiger partial charge < -0.3 is 0 Å². The van der Waals surface area contributed by atoms with Crippen LogP contribution in [0.1, 0.15) is 143 Å². The van der Waals surface area contributed by atoms with Gasteiger partial charge in [-0.25, -0.2) is 0 Å². The Kier molecular flexibility index (Phi) is 16.6. The summed E-state index contributed by atoms with van der Waals surface area (Å²) < 4.78 is 0. The van der Waals surface area contributed by atoms with Crippen molar-refractivity contribution in [2.45, 2.75) is 143 Å². The van der Waals surface area contributed by atoms with Crippen molar-refractivity contribution in [1.82, 2.24) is 0 Å². The molecule has 0 N–H and O–H groups in total. The standard InChI is InChI=1S/C28H50OS/c1-4-6-8-10-12-13-14-16-17-19-21-25-23-26(28(30)24(3)27(25)29)22-20-18-15-11-9-7-5-2/h23-24,30H,4-22H2,1-3H3. The van der Waals surface area contributed by atoms with Crippen LogP contribution >= 0.6 is 12.6 Å². The number of rotatable bonds is 19. The van der Waals surface area contributed by atoms with Crippen molar-refractivity contribution in [2.24, 2.45) is 5.92 Å². The molecular weight excluding hydrogens is 384 g/mol. The van der Waals surface area contributed by atoms with Gasteiger partial charge in [-0.05, 0) is 41.7 Å². The smallest absolute Gasteiger partial charge is 0.166 e. The fourth-order valence-corrected chi connectivity index (χ4v) is 4.80. The van der Waals surface area contributed by atoms with Gasteiger partial charge in [-0.1, -0.05) is 123 Å². The Morgan fingerprint density at radius 3 is 1.53 bits per heavy atom. The minimum atomic E-state index is -0.0315. The van der Waals surface area contributed by atoms with Crippen LogP contribution in [0.3, 0.4) is 0 Å². The zero-order chi connectivity index (χ0) is 22.0. The number of hydrogen-bond donors (Lipinski definition) is 1. The maximum absolute atomic E-state index is 12.7. The molecule has 1 aliphatic rings. The molecule has 0 radical (unpaired) electrons. The van der Waals surface area contributed by atoms with Gasteiger partial charge in [-0.15, -0.1) is 12.6 Å². The van der Waals surface area contributed by atoms with E-state index in [9.17, 15) is 4.79 Å². The van der Waals surface area contributed by atoms with Crippen molar-refractivity contribution < 1.29 is 4.79 Å². The van der Waals surface area contributed by atoms with Gasteiger partial charge in [0.1, 0.15) is 0 Å². The minimum Gasteiger partial charge on any atom is -0.294 e. The second-order valence-electron chi connectivity index (χ2n) is 9.47. The fourth-order valence-electron chi connectivity index (χ4n) is 4.51. The van der Waals surface area contributed by atoms with E-state index in [4.69, 9.17) is 12.6 Å². The van der Waals surface area contributed by atoms with E-state index < -0.39 is 0 Å². The van der Waals surface area contributed by atoms with Crippen LogP contribution in [0, 0.1) is 5.92 Å². The van der Waals surface area contributed by atoms with Crippen molar-refractivity contribution in [3.05, 3.63) is 22.1 Å². The highest BCUT2D eigenvalue weighted by molar-refractivity contribution is 7.84. The molecule has 0 saturated heterocycles. The molecule has 0 amide bonds. The van der Waals surface area contributed by atoms with Crippen LogP contribution in [-0.4, -0.2) is 5.78 Å². The number of allylic oxidation sites excluding steroid dienone is 4. The van der Waals surface area contributed by atoms with Crippen LogP contribution in [0.4, 0.5) is 0 Å². The number of thiol groups is 1. The molecule has 0 spiro atoms. The number of carbonyl (C=O) groups is 1. The maximum atomic E-state index is 12.7. The molecule has 0 aromatic carbocycles. The molecule has 1 rings (SSSR count). The molecule has 174 valence electrons. The summed E-state index contributed by atoms with van der Waals surface area (Å²) in [5, 5.41) is 0. The Balaban J connectivity index is 2.26. The largest absolute Gasteiger partial charge is 0.294 e. The first-order chi connectivity index (χ1) is 14.6. The lowest BCUT2D eigenvalue weighted by molar-refractivity contribution is -0.117. The predicted molar refractivity (Wildman–Crippen MR) is 137 cm³/mol. The molecule has 30 heavy (non-hydrogen) atoms. The number of hydrogen-bond acceptors (Lipinski definition) is 2. The van der Waals surface area contributed by atoms with Crippen molar-refractivity contribution in [2.75, 3.05) is 0 Å². The van der Waals surface area contributed by atoms with Gasteiger partial charge in [0.05, 0.1) is 5.92 Å². The molecule has 0 bridgehead atoms. The molecule has 2 heteroatoms. The van der Waals surface area contributed by atoms with Crippen molar-refractivity contribution in [3.63, 3.8) is 0 Å². The average Bonchev–Trinajstić information content (AvgIpc) is 2.75. The van der Waals surface area contributed by atoms with Crippen LogP contribution in [0.2, 0.25) is 0 Å². The number of carbonyl (C=O) groups excluding carboxylic acids is 1. The van der Waals surface area contributed by atoms with E-state index in [2.05, 4.69) is 19.9 Å². The van der Waals surface area contributed by atoms with Crippen LogP contribution in [0.5, 0.6) is 0 Å². The SMILES string of the molecule is CCCCCCCCCCCCC1=CC(CCCCCCCCC)=C(S)C(C)C1=O. The first kappa shape index (κ1) is 27.5. The molecule has 0 aromatic heterocycles. The Bertz CT molecular complexity index is 517. The summed E-state index contributed by atoms with van der Waals surface area (Å²) in [5.74, 6) is 0.287. The third-order valence-corrected chi connectivity index (χ3v) is 7.32. The molecule has 0 aromatic rings. The highest BCUT2D eigenvalue weighted by Crippen LogP contribution is 2.33. The third kappa shape index (κ3) is 11.8. The van der Waals surface area contributed by atoms with Gasteiger partial charge >= 0.3 is 0 Å². The summed E-state index contributed by atoms with van der Waals surface area (Å²) in [6.45, 7) is 6.59. The summed E-state index contributed by atoms with van der Waals surface area (Å²) >= 11 is 4.71. The molecule has 0 fully saturated rings. The zero-order valence-electron chi connectivity index (χ0n) is 20.4. The number of Topliss-reactive ketones (excluding diaryl/α,β-unsaturated/α-hetero) is 1. The van der Waals surface area contributed by atoms with Crippen molar-refractivity contribution in [1.29, 1.82) is 0 Å². The summed E-state index contributed by atoms with van der Waals surface area (Å²) in [7, 11) is 0. The van der Waals surface area contributed by atoms with Gasteiger partial charge in [0.15, 0.2) is 5.78 Å². The minimum absolute atomic E-state index is 0.0315. The molecule has 1 unspecified atom stereocenters. The van der Waals surface area contributed by atoms with E-state index in [-0.39, 0.29) is 5.92 Å². The quantitative estimate of drug-likeness (QED) is 0.158. The molecule has 0 saturated carbocycles. The normalized spacial score (nSPS) is 17.0. The monoisotopic (exact) mass is 434 g/mol. The summed E-state index contributed by atoms with van der Waals surface area (Å²) in [5.41, 5.74) is 2.40. The zero-order valence-corrected chi connectivity index (χ0v) is 21.3. The predicted octanol–water partition coefficient (Wildman–Crippen LogP) is 9.77. The Labute approximate surface area is 194 Å². The molecular formula is C28H50OS. The highest BCUT2D eigenvalue weighted by atomic mass is 32.1. The van der Waals surface area contributed by atoms with Crippen molar-refractivity contribution in [3.8, 4) is 0 Å². The lowest BCUT2D eigenvalue weighted by atomic mass is 9.85. The van der Waals surface area contributed by atoms with Gasteiger partial charge in [0.25, 0.3) is 0 Å². The molecule has 0 aliphatic heterocycles. The Morgan fingerprint density at radius 2 is 1.07 bits per heavy atom. The number of ketones is 1. The van der Waals surface area contributed by atoms with E-state index in [1.54, 1.807) is 0 Å². The van der Waals surface area contributed by atoms with Gasteiger partial charge in [0, 0.05) is 0 Å². The number of unbranched alkanes of at least 4 members (excludes halogenated alkanes) is 15. The van der Waals surface area contributed by atoms with Crippen LogP contribution in [0.15, 0.2) is 22.1 Å². The topological polar surface area (TPSA) is 17.1 Å². The van der Waals surface area contributed by atoms with E-state index in [0.717, 1.165) is 29.7 Å². The lowest BCUT2D eigenvalue weighted by Gasteiger charge is -2.22. The highest BCUT2D eigenvalue weighted by Gasteiger charge is 2.25. The van der Waals surface area contributed by atoms with E-state index in [1.807, 2.05) is 6.92 Å². The van der Waals surface area contributed by atoms with Gasteiger partial charge in [0.2, 0.25) is 0 Å². The van der Waals surface area contributed by atoms with Crippen LogP contribution in [0.25, 0.3) is 0 Å². The van der Waals surface area contributed by atoms with Crippen molar-refractivity contribution >= 4 is 18.4 Å². The summed E-state index contributed by atoms with van der Waals surface area (Å²) in [6.07, 6.45) is 27.0. The summed E-state index contributed by atoms with van der Waals surface area (Å²) in [6, 6.07) is 0. The summed E-state index contributed by atoms with van der Waals surface area (Å²) in [4.78, 5) is 13.7. The van der Waals surface area contributed by atoms with Gasteiger partial charge in [-0.3, -0.25) is 4.79 Å². The van der Waals surface area contributed by atoms with E-state index in [1.165, 1.54) is 108 Å². The van der Waals surface area contributed by atoms with E-state index >= 15 is 0 Å². The third-order valence-electron chi connectivity index (χ3n) is 6.65.